The molecule has 2 atom stereocenters. The van der Waals surface area contributed by atoms with Crippen LogP contribution in [0.25, 0.3) is 0 Å². The number of hydrogen-bond acceptors (Lipinski definition) is 2. The molecule has 0 aliphatic heterocycles. The van der Waals surface area contributed by atoms with Crippen molar-refractivity contribution in [3.63, 3.8) is 0 Å². The van der Waals surface area contributed by atoms with E-state index in [1.165, 1.54) is 0 Å². The van der Waals surface area contributed by atoms with E-state index in [9.17, 15) is 0 Å². The molecule has 0 saturated carbocycles. The second-order valence-corrected chi connectivity index (χ2v) is 4.40. The Morgan fingerprint density at radius 1 is 1.27 bits per heavy atom. The highest BCUT2D eigenvalue weighted by Crippen LogP contribution is 2.20. The van der Waals surface area contributed by atoms with E-state index >= 15 is 0 Å². The molecule has 15 heavy (non-hydrogen) atoms. The molecule has 1 N–H and O–H groups in total. The number of rotatable bonds is 6. The Labute approximate surface area is 93.1 Å². The second-order valence-electron chi connectivity index (χ2n) is 4.40. The summed E-state index contributed by atoms with van der Waals surface area (Å²) in [6, 6.07) is 4.93. The molecule has 2 heteroatoms. The van der Waals surface area contributed by atoms with Crippen LogP contribution in [0.1, 0.15) is 52.3 Å². The molecule has 1 rings (SSSR count). The Bertz CT molecular complexity index is 254. The van der Waals surface area contributed by atoms with Crippen molar-refractivity contribution >= 4 is 0 Å². The van der Waals surface area contributed by atoms with Gasteiger partial charge in [-0.05, 0) is 30.9 Å². The molecule has 0 fully saturated rings. The van der Waals surface area contributed by atoms with Crippen molar-refractivity contribution in [3.8, 4) is 0 Å². The van der Waals surface area contributed by atoms with Crippen molar-refractivity contribution in [2.45, 2.75) is 52.6 Å². The molecule has 0 aliphatic carbocycles. The minimum atomic E-state index is 0.354. The van der Waals surface area contributed by atoms with Crippen molar-refractivity contribution in [2.75, 3.05) is 0 Å². The highest BCUT2D eigenvalue weighted by atomic mass is 16.3. The van der Waals surface area contributed by atoms with Gasteiger partial charge in [-0.15, -0.1) is 0 Å². The summed E-state index contributed by atoms with van der Waals surface area (Å²) in [6.07, 6.45) is 3.97. The average Bonchev–Trinajstić information content (AvgIpc) is 2.72. The SMILES string of the molecule is CCC(NC(CC)C(C)C)c1ccco1. The molecule has 0 aromatic carbocycles. The predicted octanol–water partition coefficient (Wildman–Crippen LogP) is 3.75. The largest absolute Gasteiger partial charge is 0.468 e. The third-order valence-corrected chi connectivity index (χ3v) is 2.95. The fraction of sp³-hybridized carbons (Fsp3) is 0.692. The van der Waals surface area contributed by atoms with Crippen molar-refractivity contribution in [2.24, 2.45) is 5.92 Å². The summed E-state index contributed by atoms with van der Waals surface area (Å²) in [7, 11) is 0. The standard InChI is InChI=1S/C13H23NO/c1-5-11(10(3)4)14-12(6-2)13-8-7-9-15-13/h7-12,14H,5-6H2,1-4H3. The average molecular weight is 209 g/mol. The van der Waals surface area contributed by atoms with Crippen LogP contribution in [0.3, 0.4) is 0 Å². The lowest BCUT2D eigenvalue weighted by Gasteiger charge is -2.25. The van der Waals surface area contributed by atoms with Gasteiger partial charge in [0.1, 0.15) is 5.76 Å². The van der Waals surface area contributed by atoms with Crippen LogP contribution in [0.2, 0.25) is 0 Å². The van der Waals surface area contributed by atoms with Crippen LogP contribution in [0, 0.1) is 5.92 Å². The van der Waals surface area contributed by atoms with Crippen molar-refractivity contribution in [1.82, 2.24) is 5.32 Å². The molecule has 1 aromatic heterocycles. The molecule has 2 unspecified atom stereocenters. The molecule has 1 aromatic rings. The minimum Gasteiger partial charge on any atom is -0.468 e. The van der Waals surface area contributed by atoms with E-state index in [0.717, 1.165) is 18.6 Å². The highest BCUT2D eigenvalue weighted by Gasteiger charge is 2.18. The fourth-order valence-corrected chi connectivity index (χ4v) is 1.93. The van der Waals surface area contributed by atoms with E-state index < -0.39 is 0 Å². The molecular weight excluding hydrogens is 186 g/mol. The quantitative estimate of drug-likeness (QED) is 0.771. The second kappa shape index (κ2) is 5.96. The maximum absolute atomic E-state index is 5.45. The first-order valence-corrected chi connectivity index (χ1v) is 5.98. The van der Waals surface area contributed by atoms with Gasteiger partial charge in [-0.1, -0.05) is 27.7 Å². The lowest BCUT2D eigenvalue weighted by atomic mass is 9.99. The Hall–Kier alpha value is -0.760. The Morgan fingerprint density at radius 2 is 2.00 bits per heavy atom. The summed E-state index contributed by atoms with van der Waals surface area (Å²) in [5.74, 6) is 1.72. The van der Waals surface area contributed by atoms with Gasteiger partial charge in [-0.3, -0.25) is 0 Å². The summed E-state index contributed by atoms with van der Waals surface area (Å²) in [4.78, 5) is 0. The summed E-state index contributed by atoms with van der Waals surface area (Å²) in [5.41, 5.74) is 0. The van der Waals surface area contributed by atoms with Gasteiger partial charge in [-0.25, -0.2) is 0 Å². The molecule has 86 valence electrons. The normalized spacial score (nSPS) is 15.5. The zero-order chi connectivity index (χ0) is 11.3. The van der Waals surface area contributed by atoms with Crippen LogP contribution >= 0.6 is 0 Å². The monoisotopic (exact) mass is 209 g/mol. The topological polar surface area (TPSA) is 25.2 Å². The smallest absolute Gasteiger partial charge is 0.120 e. The van der Waals surface area contributed by atoms with Crippen LogP contribution in [0.4, 0.5) is 0 Å². The highest BCUT2D eigenvalue weighted by molar-refractivity contribution is 5.04. The van der Waals surface area contributed by atoms with E-state index in [1.54, 1.807) is 6.26 Å². The van der Waals surface area contributed by atoms with Crippen LogP contribution in [-0.2, 0) is 0 Å². The Balaban J connectivity index is 2.60. The maximum atomic E-state index is 5.45. The molecule has 2 nitrogen and oxygen atoms in total. The summed E-state index contributed by atoms with van der Waals surface area (Å²) in [5, 5.41) is 3.66. The third kappa shape index (κ3) is 3.38. The Morgan fingerprint density at radius 3 is 2.40 bits per heavy atom. The lowest BCUT2D eigenvalue weighted by molar-refractivity contribution is 0.311. The fourth-order valence-electron chi connectivity index (χ4n) is 1.93. The van der Waals surface area contributed by atoms with Gasteiger partial charge < -0.3 is 9.73 Å². The third-order valence-electron chi connectivity index (χ3n) is 2.95. The van der Waals surface area contributed by atoms with E-state index in [1.807, 2.05) is 12.1 Å². The summed E-state index contributed by atoms with van der Waals surface area (Å²) in [6.45, 7) is 8.94. The molecule has 0 amide bonds. The molecule has 0 aliphatic rings. The molecule has 0 spiro atoms. The summed E-state index contributed by atoms with van der Waals surface area (Å²) >= 11 is 0. The number of hydrogen-bond donors (Lipinski definition) is 1. The summed E-state index contributed by atoms with van der Waals surface area (Å²) < 4.78 is 5.45. The van der Waals surface area contributed by atoms with Gasteiger partial charge in [0.2, 0.25) is 0 Å². The van der Waals surface area contributed by atoms with Crippen LogP contribution < -0.4 is 5.32 Å². The van der Waals surface area contributed by atoms with Crippen molar-refractivity contribution < 1.29 is 4.42 Å². The molecule has 0 bridgehead atoms. The van der Waals surface area contributed by atoms with Gasteiger partial charge in [-0.2, -0.15) is 0 Å². The number of furan rings is 1. The van der Waals surface area contributed by atoms with Gasteiger partial charge in [0, 0.05) is 6.04 Å². The van der Waals surface area contributed by atoms with Crippen molar-refractivity contribution in [3.05, 3.63) is 24.2 Å². The first-order valence-electron chi connectivity index (χ1n) is 5.98. The maximum Gasteiger partial charge on any atom is 0.120 e. The zero-order valence-corrected chi connectivity index (χ0v) is 10.3. The first kappa shape index (κ1) is 12.3. The van der Waals surface area contributed by atoms with Gasteiger partial charge in [0.15, 0.2) is 0 Å². The lowest BCUT2D eigenvalue weighted by Crippen LogP contribution is -2.35. The van der Waals surface area contributed by atoms with Gasteiger partial charge >= 0.3 is 0 Å². The van der Waals surface area contributed by atoms with Crippen LogP contribution in [0.15, 0.2) is 22.8 Å². The molecular formula is C13H23NO. The van der Waals surface area contributed by atoms with E-state index in [0.29, 0.717) is 18.0 Å². The number of nitrogens with one attached hydrogen (secondary N) is 1. The van der Waals surface area contributed by atoms with E-state index in [2.05, 4.69) is 33.0 Å². The molecule has 1 heterocycles. The molecule has 0 saturated heterocycles. The first-order chi connectivity index (χ1) is 7.19. The van der Waals surface area contributed by atoms with E-state index in [4.69, 9.17) is 4.42 Å². The Kier molecular flexibility index (Phi) is 4.89. The predicted molar refractivity (Wildman–Crippen MR) is 63.8 cm³/mol. The van der Waals surface area contributed by atoms with Crippen molar-refractivity contribution in [1.29, 1.82) is 0 Å². The minimum absolute atomic E-state index is 0.354. The van der Waals surface area contributed by atoms with Gasteiger partial charge in [0.25, 0.3) is 0 Å². The van der Waals surface area contributed by atoms with E-state index in [-0.39, 0.29) is 0 Å². The molecule has 0 radical (unpaired) electrons. The zero-order valence-electron chi connectivity index (χ0n) is 10.3. The van der Waals surface area contributed by atoms with Crippen LogP contribution in [0.5, 0.6) is 0 Å². The van der Waals surface area contributed by atoms with Crippen LogP contribution in [-0.4, -0.2) is 6.04 Å². The van der Waals surface area contributed by atoms with Gasteiger partial charge in [0.05, 0.1) is 12.3 Å².